The lowest BCUT2D eigenvalue weighted by molar-refractivity contribution is -0.210. The first-order chi connectivity index (χ1) is 34.6. The van der Waals surface area contributed by atoms with Crippen LogP contribution in [0.3, 0.4) is 0 Å². The molecule has 2 saturated heterocycles. The Hall–Kier alpha value is -6.89. The van der Waals surface area contributed by atoms with Gasteiger partial charge in [-0.3, -0.25) is 24.4 Å². The third kappa shape index (κ3) is 15.1. The standard InChI is InChI=1S/C55H72N6O12/c1-36-23-38(3)60(31-36)51(65)43-28-47(68-12)48(29-44(43)58-9)70-34-41-25-39(15-14-21-71-53(4,5)19-22-72-54(6,7)52(66)73-59(10)49(63)16-13-20-62)24-40(26-41)33-69-45-18-17-42(27-46(45)67-11)50(64)61-32-37(2)30-55(61,56)35-57-8/h17-18,20,24-29,35,38H,1-2,9,13-16,19,21-23,30-34,56H2,3-8,10-12H3. The van der Waals surface area contributed by atoms with Crippen LogP contribution < -0.4 is 24.7 Å². The number of likely N-dealkylation sites (tertiary alicyclic amines) is 2. The maximum Gasteiger partial charge on any atom is 0.363 e. The normalized spacial score (nSPS) is 16.9. The molecular formula is C55H72N6O12. The van der Waals surface area contributed by atoms with Gasteiger partial charge < -0.3 is 53.6 Å². The number of carbonyl (C=O) groups excluding carboxylic acids is 5. The van der Waals surface area contributed by atoms with Crippen LogP contribution in [0, 0.1) is 0 Å². The molecule has 2 atom stereocenters. The second-order valence-electron chi connectivity index (χ2n) is 19.5. The quantitative estimate of drug-likeness (QED) is 0.0286. The van der Waals surface area contributed by atoms with Crippen molar-refractivity contribution in [1.29, 1.82) is 0 Å². The molecule has 3 amide bonds. The van der Waals surface area contributed by atoms with Crippen LogP contribution in [0.5, 0.6) is 23.0 Å². The number of ether oxygens (including phenoxy) is 6. The molecule has 5 rings (SSSR count). The zero-order valence-electron chi connectivity index (χ0n) is 43.9. The number of methoxy groups -OCH3 is 2. The molecule has 18 nitrogen and oxygen atoms in total. The van der Waals surface area contributed by atoms with Crippen molar-refractivity contribution in [3.8, 4) is 23.0 Å². The minimum atomic E-state index is -1.35. The summed E-state index contributed by atoms with van der Waals surface area (Å²) in [5.74, 6) is -0.211. The Balaban J connectivity index is 1.30. The molecular weight excluding hydrogens is 937 g/mol. The fourth-order valence-electron chi connectivity index (χ4n) is 8.54. The highest BCUT2D eigenvalue weighted by Gasteiger charge is 2.41. The summed E-state index contributed by atoms with van der Waals surface area (Å²) in [6.07, 6.45) is 5.01. The van der Waals surface area contributed by atoms with Crippen LogP contribution in [0.1, 0.15) is 111 Å². The van der Waals surface area contributed by atoms with Gasteiger partial charge in [0.25, 0.3) is 17.7 Å². The number of carbonyl (C=O) groups is 5. The van der Waals surface area contributed by atoms with E-state index in [-0.39, 0.29) is 50.5 Å². The molecule has 2 heterocycles. The second-order valence-corrected chi connectivity index (χ2v) is 19.5. The summed E-state index contributed by atoms with van der Waals surface area (Å²) in [5.41, 5.74) is 9.07. The molecule has 0 saturated carbocycles. The number of hydrogen-bond donors (Lipinski definition) is 1. The molecule has 2 fully saturated rings. The SMILES string of the molecule is C=Nc1cc(OCc2cc(CCCOC(C)(C)CCOC(C)(C)C(=O)ON(C)C(=O)CCC=O)cc(COc3ccc(C(=O)N4CC(=C)CC4(N)C=NC)cc3OC)c2)c(OC)cc1C(=O)N1CC(=C)CC1C. The maximum absolute atomic E-state index is 13.8. The van der Waals surface area contributed by atoms with Gasteiger partial charge >= 0.3 is 5.97 Å². The highest BCUT2D eigenvalue weighted by Crippen LogP contribution is 2.38. The van der Waals surface area contributed by atoms with E-state index in [1.165, 1.54) is 21.3 Å². The van der Waals surface area contributed by atoms with Gasteiger partial charge in [0.2, 0.25) is 0 Å². The van der Waals surface area contributed by atoms with E-state index >= 15 is 0 Å². The summed E-state index contributed by atoms with van der Waals surface area (Å²) >= 11 is 0. The van der Waals surface area contributed by atoms with Gasteiger partial charge in [0.15, 0.2) is 28.6 Å². The molecule has 3 aromatic rings. The maximum atomic E-state index is 13.8. The number of hydrogen-bond acceptors (Lipinski definition) is 15. The van der Waals surface area contributed by atoms with E-state index in [1.807, 2.05) is 39.0 Å². The van der Waals surface area contributed by atoms with Gasteiger partial charge in [-0.2, -0.15) is 5.06 Å². The van der Waals surface area contributed by atoms with Crippen LogP contribution in [0.25, 0.3) is 0 Å². The Bertz CT molecular complexity index is 2570. The molecule has 2 unspecified atom stereocenters. The van der Waals surface area contributed by atoms with Crippen molar-refractivity contribution in [1.82, 2.24) is 14.9 Å². The van der Waals surface area contributed by atoms with Gasteiger partial charge in [-0.05, 0) is 114 Å². The lowest BCUT2D eigenvalue weighted by Crippen LogP contribution is -2.55. The Kier molecular flexibility index (Phi) is 19.7. The van der Waals surface area contributed by atoms with E-state index in [9.17, 15) is 24.0 Å². The lowest BCUT2D eigenvalue weighted by Gasteiger charge is -2.31. The molecule has 2 N–H and O–H groups in total. The zero-order chi connectivity index (χ0) is 53.7. The Morgan fingerprint density at radius 3 is 2.14 bits per heavy atom. The molecule has 394 valence electrons. The van der Waals surface area contributed by atoms with Gasteiger partial charge in [0.05, 0.1) is 37.7 Å². The van der Waals surface area contributed by atoms with E-state index in [0.29, 0.717) is 91.5 Å². The van der Waals surface area contributed by atoms with Gasteiger partial charge in [0, 0.05) is 76.9 Å². The third-order valence-corrected chi connectivity index (χ3v) is 12.6. The van der Waals surface area contributed by atoms with Crippen LogP contribution in [0.2, 0.25) is 0 Å². The van der Waals surface area contributed by atoms with E-state index in [4.69, 9.17) is 39.0 Å². The average molecular weight is 1010 g/mol. The lowest BCUT2D eigenvalue weighted by atomic mass is 10.0. The van der Waals surface area contributed by atoms with Crippen LogP contribution in [-0.2, 0) is 48.3 Å². The molecule has 0 aliphatic carbocycles. The summed E-state index contributed by atoms with van der Waals surface area (Å²) in [7, 11) is 5.95. The fraction of sp³-hybridized carbons (Fsp3) is 0.473. The third-order valence-electron chi connectivity index (χ3n) is 12.6. The first-order valence-electron chi connectivity index (χ1n) is 24.2. The van der Waals surface area contributed by atoms with Crippen molar-refractivity contribution in [2.45, 2.75) is 116 Å². The zero-order valence-corrected chi connectivity index (χ0v) is 43.9. The van der Waals surface area contributed by atoms with Crippen molar-refractivity contribution in [3.05, 3.63) is 101 Å². The monoisotopic (exact) mass is 1010 g/mol. The highest BCUT2D eigenvalue weighted by molar-refractivity contribution is 6.01. The molecule has 2 aliphatic heterocycles. The van der Waals surface area contributed by atoms with E-state index < -0.39 is 28.7 Å². The van der Waals surface area contributed by atoms with E-state index in [1.54, 1.807) is 67.2 Å². The fourth-order valence-corrected chi connectivity index (χ4v) is 8.54. The number of nitrogens with zero attached hydrogens (tertiary/aromatic N) is 5. The van der Waals surface area contributed by atoms with E-state index in [0.717, 1.165) is 39.3 Å². The van der Waals surface area contributed by atoms with E-state index in [2.05, 4.69) is 29.9 Å². The van der Waals surface area contributed by atoms with Crippen LogP contribution in [-0.4, -0.2) is 135 Å². The Labute approximate surface area is 429 Å². The molecule has 0 aromatic heterocycles. The smallest absolute Gasteiger partial charge is 0.363 e. The number of nitrogens with two attached hydrogens (primary N) is 1. The van der Waals surface area contributed by atoms with Crippen molar-refractivity contribution >= 4 is 48.6 Å². The molecule has 3 aromatic carbocycles. The number of rotatable bonds is 25. The highest BCUT2D eigenvalue weighted by atomic mass is 16.7. The Morgan fingerprint density at radius 1 is 0.863 bits per heavy atom. The van der Waals surface area contributed by atoms with Crippen molar-refractivity contribution < 1.29 is 57.2 Å². The van der Waals surface area contributed by atoms with Crippen molar-refractivity contribution in [2.24, 2.45) is 15.7 Å². The van der Waals surface area contributed by atoms with Gasteiger partial charge in [0.1, 0.15) is 25.2 Å². The molecule has 0 radical (unpaired) electrons. The first kappa shape index (κ1) is 57.0. The predicted molar refractivity (Wildman–Crippen MR) is 278 cm³/mol. The molecule has 18 heteroatoms. The number of amides is 3. The van der Waals surface area contributed by atoms with Crippen LogP contribution in [0.4, 0.5) is 5.69 Å². The summed E-state index contributed by atoms with van der Waals surface area (Å²) < 4.78 is 36.4. The first-order valence-corrected chi connectivity index (χ1v) is 24.2. The molecule has 2 aliphatic rings. The minimum absolute atomic E-state index is 0.00527. The topological polar surface area (TPSA) is 210 Å². The molecule has 0 spiro atoms. The number of aldehydes is 1. The van der Waals surface area contributed by atoms with Crippen LogP contribution in [0.15, 0.2) is 82.8 Å². The number of benzene rings is 3. The Morgan fingerprint density at radius 2 is 1.52 bits per heavy atom. The molecule has 0 bridgehead atoms. The predicted octanol–water partition coefficient (Wildman–Crippen LogP) is 7.55. The summed E-state index contributed by atoms with van der Waals surface area (Å²) in [6, 6.07) is 14.4. The number of aryl methyl sites for hydroxylation is 1. The van der Waals surface area contributed by atoms with Crippen molar-refractivity contribution in [2.75, 3.05) is 54.6 Å². The van der Waals surface area contributed by atoms with Crippen LogP contribution >= 0.6 is 0 Å². The summed E-state index contributed by atoms with van der Waals surface area (Å²) in [6.45, 7) is 22.5. The second kappa shape index (κ2) is 25.2. The number of hydroxylamine groups is 2. The van der Waals surface area contributed by atoms with Gasteiger partial charge in [-0.25, -0.2) is 4.79 Å². The number of aliphatic imine (C=N–C) groups is 2. The largest absolute Gasteiger partial charge is 0.493 e. The molecule has 73 heavy (non-hydrogen) atoms. The average Bonchev–Trinajstić information content (AvgIpc) is 3.86. The minimum Gasteiger partial charge on any atom is -0.493 e. The van der Waals surface area contributed by atoms with Crippen molar-refractivity contribution in [3.63, 3.8) is 0 Å². The summed E-state index contributed by atoms with van der Waals surface area (Å²) in [5, 5.41) is 0.817. The van der Waals surface area contributed by atoms with Gasteiger partial charge in [-0.1, -0.05) is 36.4 Å². The summed E-state index contributed by atoms with van der Waals surface area (Å²) in [4.78, 5) is 79.9. The van der Waals surface area contributed by atoms with Gasteiger partial charge in [-0.15, -0.1) is 0 Å².